The van der Waals surface area contributed by atoms with E-state index >= 15 is 4.79 Å². The van der Waals surface area contributed by atoms with Crippen molar-refractivity contribution in [3.63, 3.8) is 0 Å². The molecule has 1 aliphatic heterocycles. The Bertz CT molecular complexity index is 2450. The molecule has 4 aromatic rings. The minimum Gasteiger partial charge on any atom is -0.494 e. The van der Waals surface area contributed by atoms with E-state index in [1.165, 1.54) is 31.8 Å². The summed E-state index contributed by atoms with van der Waals surface area (Å²) >= 11 is 20.6. The first-order valence-corrected chi connectivity index (χ1v) is 22.7. The molecule has 3 aliphatic rings. The molecule has 7 rings (SSSR count). The van der Waals surface area contributed by atoms with Crippen LogP contribution in [-0.2, 0) is 30.8 Å². The average Bonchev–Trinajstić information content (AvgIpc) is 4.07. The molecule has 1 saturated heterocycles. The van der Waals surface area contributed by atoms with Gasteiger partial charge in [-0.3, -0.25) is 19.1 Å². The number of sulfonamides is 1. The van der Waals surface area contributed by atoms with Crippen molar-refractivity contribution in [3.8, 4) is 28.6 Å². The molecular formula is C42H45Cl3N4O8S2. The third-order valence-electron chi connectivity index (χ3n) is 11.5. The lowest BCUT2D eigenvalue weighted by Crippen LogP contribution is -2.48. The Hall–Kier alpha value is -3.95. The number of hydrogen-bond acceptors (Lipinski definition) is 11. The molecule has 2 amide bonds. The van der Waals surface area contributed by atoms with Crippen molar-refractivity contribution in [2.45, 2.75) is 76.7 Å². The molecule has 314 valence electrons. The van der Waals surface area contributed by atoms with E-state index in [0.29, 0.717) is 66.4 Å². The molecule has 1 N–H and O–H groups in total. The first-order chi connectivity index (χ1) is 27.9. The van der Waals surface area contributed by atoms with Crippen LogP contribution in [0.1, 0.15) is 57.9 Å². The van der Waals surface area contributed by atoms with Gasteiger partial charge in [-0.2, -0.15) is 0 Å². The third-order valence-corrected chi connectivity index (χ3v) is 14.9. The van der Waals surface area contributed by atoms with Gasteiger partial charge in [0.05, 0.1) is 59.4 Å². The predicted molar refractivity (Wildman–Crippen MR) is 229 cm³/mol. The highest BCUT2D eigenvalue weighted by atomic mass is 35.5. The van der Waals surface area contributed by atoms with Crippen LogP contribution in [0, 0.1) is 22.7 Å². The lowest BCUT2D eigenvalue weighted by Gasteiger charge is -2.35. The predicted octanol–water partition coefficient (Wildman–Crippen LogP) is 8.35. The Morgan fingerprint density at radius 2 is 1.83 bits per heavy atom. The Labute approximate surface area is 362 Å². The average molecular weight is 904 g/mol. The van der Waals surface area contributed by atoms with E-state index in [-0.39, 0.29) is 49.8 Å². The number of thiazole rings is 1. The van der Waals surface area contributed by atoms with Crippen LogP contribution in [0.15, 0.2) is 54.6 Å². The number of benzene rings is 2. The fraction of sp³-hybridized carbons (Fsp3) is 0.452. The molecule has 0 bridgehead atoms. The van der Waals surface area contributed by atoms with E-state index in [1.54, 1.807) is 41.3 Å². The summed E-state index contributed by atoms with van der Waals surface area (Å²) in [6, 6.07) is 7.56. The number of Topliss-reactive ketones (excluding diaryl/α,β-unsaturated/α-hetero) is 1. The van der Waals surface area contributed by atoms with Gasteiger partial charge in [0, 0.05) is 56.9 Å². The van der Waals surface area contributed by atoms with Gasteiger partial charge in [0.2, 0.25) is 27.7 Å². The highest BCUT2D eigenvalue weighted by Gasteiger charge is 2.61. The van der Waals surface area contributed by atoms with Gasteiger partial charge in [-0.25, -0.2) is 18.4 Å². The van der Waals surface area contributed by atoms with Gasteiger partial charge >= 0.3 is 0 Å². The molecule has 2 aromatic heterocycles. The number of aromatic nitrogens is 2. The minimum absolute atomic E-state index is 0.0407. The summed E-state index contributed by atoms with van der Waals surface area (Å²) in [4.78, 5) is 54.3. The highest BCUT2D eigenvalue weighted by Crippen LogP contribution is 2.57. The number of likely N-dealkylation sites (tertiary alicyclic amines) is 1. The molecule has 2 saturated carbocycles. The largest absolute Gasteiger partial charge is 0.494 e. The number of halogens is 3. The number of fused-ring (bicyclic) bond motifs is 1. The van der Waals surface area contributed by atoms with Crippen LogP contribution in [0.25, 0.3) is 22.0 Å². The quantitative estimate of drug-likeness (QED) is 0.115. The normalized spacial score (nSPS) is 22.2. The van der Waals surface area contributed by atoms with Gasteiger partial charge in [-0.1, -0.05) is 61.7 Å². The van der Waals surface area contributed by atoms with E-state index in [1.807, 2.05) is 26.2 Å². The second-order valence-electron chi connectivity index (χ2n) is 16.5. The standard InChI is InChI=1S/C42H45Cl3N4O8S2/c1-7-22-17-42(22,40(52)48-59(53,54)26-9-10-26)18-34(50)33-15-25(57-38-28-12-23(43)8-11-27(28)35(55-5)19-46-38)20-49(33)39(51)30(41(2,3)4)16-36-47-32(21-58-36)29-13-24(44)14-31(45)37(29)56-6/h7-8,11-14,19,21-22,25-26,30,33H,1,9-10,15-18,20H2,2-6H3,(H,48,52)/t22-,25-,30-,33+,42-/m1/s1. The fourth-order valence-corrected chi connectivity index (χ4v) is 10.9. The molecule has 2 aliphatic carbocycles. The summed E-state index contributed by atoms with van der Waals surface area (Å²) in [6.45, 7) is 9.77. The number of ketones is 1. The number of allylic oxidation sites excluding steroid dienone is 1. The van der Waals surface area contributed by atoms with Gasteiger partial charge in [0.1, 0.15) is 17.6 Å². The maximum Gasteiger partial charge on any atom is 0.240 e. The Balaban J connectivity index is 1.20. The van der Waals surface area contributed by atoms with Gasteiger partial charge in [0.25, 0.3) is 0 Å². The summed E-state index contributed by atoms with van der Waals surface area (Å²) in [6.07, 6.45) is 3.72. The SMILES string of the molecule is C=C[C@@H]1C[C@]1(CC(=O)[C@@H]1C[C@@H](Oc2ncc(OC)c3ccc(Cl)cc23)CN1C(=O)[C@@H](Cc1nc(-c2cc(Cl)cc(Cl)c2OC)cs1)C(C)(C)C)C(=O)NS(=O)(=O)C1CC1. The van der Waals surface area contributed by atoms with Crippen LogP contribution in [-0.4, -0.2) is 79.0 Å². The van der Waals surface area contributed by atoms with Crippen molar-refractivity contribution in [1.82, 2.24) is 19.6 Å². The number of amides is 2. The van der Waals surface area contributed by atoms with Crippen molar-refractivity contribution in [1.29, 1.82) is 0 Å². The van der Waals surface area contributed by atoms with Crippen molar-refractivity contribution in [2.75, 3.05) is 20.8 Å². The highest BCUT2D eigenvalue weighted by molar-refractivity contribution is 7.90. The number of rotatable bonds is 15. The van der Waals surface area contributed by atoms with Gasteiger partial charge < -0.3 is 19.1 Å². The molecular weight excluding hydrogens is 859 g/mol. The van der Waals surface area contributed by atoms with E-state index in [9.17, 15) is 18.0 Å². The number of carbonyl (C=O) groups is 3. The smallest absolute Gasteiger partial charge is 0.240 e. The van der Waals surface area contributed by atoms with Crippen molar-refractivity contribution >= 4 is 84.5 Å². The lowest BCUT2D eigenvalue weighted by atomic mass is 9.77. The zero-order valence-electron chi connectivity index (χ0n) is 33.2. The molecule has 3 fully saturated rings. The first-order valence-electron chi connectivity index (χ1n) is 19.2. The zero-order chi connectivity index (χ0) is 42.6. The van der Waals surface area contributed by atoms with Crippen LogP contribution >= 0.6 is 46.1 Å². The molecule has 0 unspecified atom stereocenters. The van der Waals surface area contributed by atoms with Crippen LogP contribution in [0.3, 0.4) is 0 Å². The third kappa shape index (κ3) is 8.79. The van der Waals surface area contributed by atoms with Crippen LogP contribution in [0.5, 0.6) is 17.4 Å². The number of hydrogen-bond donors (Lipinski definition) is 1. The van der Waals surface area contributed by atoms with E-state index < -0.39 is 56.0 Å². The molecule has 3 heterocycles. The summed E-state index contributed by atoms with van der Waals surface area (Å²) in [7, 11) is -0.822. The zero-order valence-corrected chi connectivity index (χ0v) is 37.1. The molecule has 2 aromatic carbocycles. The molecule has 5 atom stereocenters. The Kier molecular flexibility index (Phi) is 12.1. The number of carbonyl (C=O) groups excluding carboxylic acids is 3. The van der Waals surface area contributed by atoms with Crippen LogP contribution < -0.4 is 18.9 Å². The lowest BCUT2D eigenvalue weighted by molar-refractivity contribution is -0.144. The van der Waals surface area contributed by atoms with E-state index in [0.717, 1.165) is 0 Å². The molecule has 17 heteroatoms. The van der Waals surface area contributed by atoms with E-state index in [2.05, 4.69) is 16.3 Å². The summed E-state index contributed by atoms with van der Waals surface area (Å²) < 4.78 is 45.5. The van der Waals surface area contributed by atoms with Crippen molar-refractivity contribution < 1.29 is 37.0 Å². The molecule has 0 radical (unpaired) electrons. The Morgan fingerprint density at radius 3 is 2.47 bits per heavy atom. The minimum atomic E-state index is -3.87. The van der Waals surface area contributed by atoms with Crippen LogP contribution in [0.2, 0.25) is 15.1 Å². The number of nitrogens with zero attached hydrogens (tertiary/aromatic N) is 3. The summed E-state index contributed by atoms with van der Waals surface area (Å²) in [5.41, 5.74) is -0.705. The first kappa shape index (κ1) is 43.1. The number of ether oxygens (including phenoxy) is 3. The van der Waals surface area contributed by atoms with Crippen molar-refractivity contribution in [3.05, 3.63) is 74.6 Å². The van der Waals surface area contributed by atoms with Crippen molar-refractivity contribution in [2.24, 2.45) is 22.7 Å². The number of nitrogens with one attached hydrogen (secondary N) is 1. The maximum absolute atomic E-state index is 15.0. The summed E-state index contributed by atoms with van der Waals surface area (Å²) in [5.74, 6) is -1.25. The Morgan fingerprint density at radius 1 is 1.08 bits per heavy atom. The second kappa shape index (κ2) is 16.5. The van der Waals surface area contributed by atoms with Gasteiger partial charge in [0.15, 0.2) is 5.78 Å². The number of pyridine rings is 1. The van der Waals surface area contributed by atoms with Gasteiger partial charge in [-0.15, -0.1) is 17.9 Å². The van der Waals surface area contributed by atoms with E-state index in [4.69, 9.17) is 54.0 Å². The molecule has 59 heavy (non-hydrogen) atoms. The molecule has 12 nitrogen and oxygen atoms in total. The van der Waals surface area contributed by atoms with Gasteiger partial charge in [-0.05, 0) is 60.9 Å². The summed E-state index contributed by atoms with van der Waals surface area (Å²) in [5, 5.41) is 4.43. The second-order valence-corrected chi connectivity index (χ2v) is 20.7. The molecule has 0 spiro atoms. The fourth-order valence-electron chi connectivity index (χ4n) is 7.94. The maximum atomic E-state index is 15.0. The van der Waals surface area contributed by atoms with Crippen LogP contribution in [0.4, 0.5) is 0 Å². The monoisotopic (exact) mass is 902 g/mol. The topological polar surface area (TPSA) is 154 Å². The number of methoxy groups -OCH3 is 2.